The summed E-state index contributed by atoms with van der Waals surface area (Å²) in [6.07, 6.45) is -0.117. The number of aromatic nitrogens is 4. The van der Waals surface area contributed by atoms with Crippen molar-refractivity contribution >= 4 is 12.2 Å². The van der Waals surface area contributed by atoms with E-state index in [4.69, 9.17) is 9.47 Å². The van der Waals surface area contributed by atoms with Crippen molar-refractivity contribution in [2.45, 2.75) is 39.2 Å². The van der Waals surface area contributed by atoms with Crippen molar-refractivity contribution in [3.05, 3.63) is 66.3 Å². The molecule has 32 heavy (non-hydrogen) atoms. The zero-order valence-electron chi connectivity index (χ0n) is 17.6. The van der Waals surface area contributed by atoms with E-state index < -0.39 is 23.8 Å². The number of benzene rings is 1. The van der Waals surface area contributed by atoms with E-state index in [1.165, 1.54) is 23.3 Å². The first-order valence-corrected chi connectivity index (χ1v) is 9.72. The third-order valence-electron chi connectivity index (χ3n) is 4.13. The van der Waals surface area contributed by atoms with Gasteiger partial charge in [0.05, 0.1) is 17.4 Å². The van der Waals surface area contributed by atoms with Gasteiger partial charge in [-0.15, -0.1) is 5.10 Å². The first kappa shape index (κ1) is 23.0. The summed E-state index contributed by atoms with van der Waals surface area (Å²) in [7, 11) is 0. The second kappa shape index (κ2) is 9.63. The summed E-state index contributed by atoms with van der Waals surface area (Å²) in [6.45, 7) is 5.11. The van der Waals surface area contributed by atoms with Crippen LogP contribution in [0.5, 0.6) is 5.75 Å². The van der Waals surface area contributed by atoms with Crippen LogP contribution in [0.2, 0.25) is 0 Å². The molecule has 168 valence electrons. The quantitative estimate of drug-likeness (QED) is 0.379. The van der Waals surface area contributed by atoms with E-state index in [9.17, 15) is 18.0 Å². The number of rotatable bonds is 7. The average molecular weight is 446 g/mol. The van der Waals surface area contributed by atoms with E-state index in [0.717, 1.165) is 18.2 Å². The lowest BCUT2D eigenvalue weighted by Crippen LogP contribution is -2.09. The lowest BCUT2D eigenvalue weighted by molar-refractivity contribution is -0.142. The molecule has 0 unspecified atom stereocenters. The van der Waals surface area contributed by atoms with Gasteiger partial charge in [0.25, 0.3) is 0 Å². The Bertz CT molecular complexity index is 1100. The molecule has 2 heterocycles. The maximum atomic E-state index is 13.3. The van der Waals surface area contributed by atoms with Crippen molar-refractivity contribution in [1.29, 1.82) is 0 Å². The van der Waals surface area contributed by atoms with Crippen LogP contribution in [0.25, 0.3) is 17.6 Å². The highest BCUT2D eigenvalue weighted by Gasteiger charge is 2.32. The van der Waals surface area contributed by atoms with Gasteiger partial charge in [-0.1, -0.05) is 6.07 Å². The average Bonchev–Trinajstić information content (AvgIpc) is 3.21. The van der Waals surface area contributed by atoms with Gasteiger partial charge in [-0.05, 0) is 51.1 Å². The SMILES string of the molecule is CC(C)Oc1cc(-c2ncn(/C=C\C(=O)O[C@@H](C)c3ccccn3)n2)cc(C(F)(F)F)c1. The van der Waals surface area contributed by atoms with Gasteiger partial charge in [0.2, 0.25) is 0 Å². The lowest BCUT2D eigenvalue weighted by atomic mass is 10.1. The third-order valence-corrected chi connectivity index (χ3v) is 4.13. The van der Waals surface area contributed by atoms with Gasteiger partial charge < -0.3 is 9.47 Å². The van der Waals surface area contributed by atoms with Gasteiger partial charge in [-0.2, -0.15) is 13.2 Å². The monoisotopic (exact) mass is 446 g/mol. The molecule has 0 N–H and O–H groups in total. The molecule has 0 aliphatic rings. The molecule has 0 amide bonds. The van der Waals surface area contributed by atoms with Crippen molar-refractivity contribution in [3.63, 3.8) is 0 Å². The van der Waals surface area contributed by atoms with Gasteiger partial charge >= 0.3 is 12.1 Å². The summed E-state index contributed by atoms with van der Waals surface area (Å²) in [6, 6.07) is 8.57. The number of nitrogens with zero attached hydrogens (tertiary/aromatic N) is 4. The standard InChI is InChI=1S/C22H21F3N4O3/c1-14(2)31-18-11-16(10-17(12-18)22(23,24)25)21-27-13-29(28-21)9-7-20(30)32-15(3)19-6-4-5-8-26-19/h4-15H,1-3H3/b9-7-/t15-/m0/s1. The fourth-order valence-corrected chi connectivity index (χ4v) is 2.74. The van der Waals surface area contributed by atoms with Crippen LogP contribution in [0.15, 0.2) is 55.0 Å². The molecular formula is C22H21F3N4O3. The summed E-state index contributed by atoms with van der Waals surface area (Å²) in [5.74, 6) is -0.528. The number of carbonyl (C=O) groups excluding carboxylic acids is 1. The summed E-state index contributed by atoms with van der Waals surface area (Å²) in [5.41, 5.74) is -0.139. The summed E-state index contributed by atoms with van der Waals surface area (Å²) in [5, 5.41) is 4.11. The van der Waals surface area contributed by atoms with Crippen LogP contribution in [0.1, 0.15) is 38.1 Å². The second-order valence-electron chi connectivity index (χ2n) is 7.11. The Hall–Kier alpha value is -3.69. The lowest BCUT2D eigenvalue weighted by Gasteiger charge is -2.14. The minimum Gasteiger partial charge on any atom is -0.491 e. The molecule has 0 spiro atoms. The number of halogens is 3. The third kappa shape index (κ3) is 6.16. The highest BCUT2D eigenvalue weighted by Crippen LogP contribution is 2.35. The molecule has 0 saturated carbocycles. The molecule has 0 saturated heterocycles. The van der Waals surface area contributed by atoms with E-state index in [1.807, 2.05) is 0 Å². The minimum absolute atomic E-state index is 0.0459. The molecule has 1 aromatic carbocycles. The molecule has 0 aliphatic heterocycles. The van der Waals surface area contributed by atoms with Gasteiger partial charge in [0.15, 0.2) is 5.82 Å². The second-order valence-corrected chi connectivity index (χ2v) is 7.11. The maximum Gasteiger partial charge on any atom is 0.416 e. The molecule has 3 aromatic rings. The number of alkyl halides is 3. The Kier molecular flexibility index (Phi) is 6.92. The van der Waals surface area contributed by atoms with E-state index in [1.54, 1.807) is 45.2 Å². The van der Waals surface area contributed by atoms with Crippen LogP contribution in [0.3, 0.4) is 0 Å². The molecule has 7 nitrogen and oxygen atoms in total. The maximum absolute atomic E-state index is 13.3. The summed E-state index contributed by atoms with van der Waals surface area (Å²) in [4.78, 5) is 20.2. The first-order chi connectivity index (χ1) is 15.1. The Labute approximate surface area is 182 Å². The summed E-state index contributed by atoms with van der Waals surface area (Å²) >= 11 is 0. The Balaban J connectivity index is 1.75. The van der Waals surface area contributed by atoms with Crippen LogP contribution >= 0.6 is 0 Å². The molecule has 0 radical (unpaired) electrons. The van der Waals surface area contributed by atoms with E-state index in [0.29, 0.717) is 5.69 Å². The van der Waals surface area contributed by atoms with Crippen molar-refractivity contribution < 1.29 is 27.4 Å². The number of pyridine rings is 1. The van der Waals surface area contributed by atoms with Crippen LogP contribution in [0.4, 0.5) is 13.2 Å². The van der Waals surface area contributed by atoms with Gasteiger partial charge in [-0.3, -0.25) is 4.98 Å². The molecule has 0 fully saturated rings. The first-order valence-electron chi connectivity index (χ1n) is 9.72. The van der Waals surface area contributed by atoms with Crippen molar-refractivity contribution in [2.24, 2.45) is 0 Å². The van der Waals surface area contributed by atoms with Gasteiger partial charge in [0, 0.05) is 24.0 Å². The van der Waals surface area contributed by atoms with Crippen LogP contribution in [-0.4, -0.2) is 31.8 Å². The van der Waals surface area contributed by atoms with E-state index in [2.05, 4.69) is 15.1 Å². The smallest absolute Gasteiger partial charge is 0.416 e. The van der Waals surface area contributed by atoms with Gasteiger partial charge in [-0.25, -0.2) is 14.5 Å². The van der Waals surface area contributed by atoms with Crippen molar-refractivity contribution in [3.8, 4) is 17.1 Å². The fourth-order valence-electron chi connectivity index (χ4n) is 2.74. The van der Waals surface area contributed by atoms with E-state index >= 15 is 0 Å². The Morgan fingerprint density at radius 3 is 2.56 bits per heavy atom. The van der Waals surface area contributed by atoms with Gasteiger partial charge in [0.1, 0.15) is 18.2 Å². The zero-order chi connectivity index (χ0) is 23.3. The van der Waals surface area contributed by atoms with Crippen LogP contribution < -0.4 is 4.74 Å². The zero-order valence-corrected chi connectivity index (χ0v) is 17.6. The Morgan fingerprint density at radius 1 is 1.12 bits per heavy atom. The number of ether oxygens (including phenoxy) is 2. The fraction of sp³-hybridized carbons (Fsp3) is 0.273. The predicted molar refractivity (Wildman–Crippen MR) is 110 cm³/mol. The van der Waals surface area contributed by atoms with Crippen molar-refractivity contribution in [1.82, 2.24) is 19.7 Å². The molecule has 3 rings (SSSR count). The number of hydrogen-bond donors (Lipinski definition) is 0. The van der Waals surface area contributed by atoms with Crippen LogP contribution in [-0.2, 0) is 15.7 Å². The molecule has 2 aromatic heterocycles. The largest absolute Gasteiger partial charge is 0.491 e. The molecule has 0 aliphatic carbocycles. The molecule has 1 atom stereocenters. The number of carbonyl (C=O) groups is 1. The number of hydrogen-bond acceptors (Lipinski definition) is 6. The van der Waals surface area contributed by atoms with Crippen molar-refractivity contribution in [2.75, 3.05) is 0 Å². The molecular weight excluding hydrogens is 425 g/mol. The normalized spacial score (nSPS) is 12.8. The topological polar surface area (TPSA) is 79.1 Å². The van der Waals surface area contributed by atoms with E-state index in [-0.39, 0.29) is 23.2 Å². The van der Waals surface area contributed by atoms with Crippen LogP contribution in [0, 0.1) is 0 Å². The number of esters is 1. The highest BCUT2D eigenvalue weighted by molar-refractivity contribution is 5.85. The Morgan fingerprint density at radius 2 is 1.91 bits per heavy atom. The predicted octanol–water partition coefficient (Wildman–Crippen LogP) is 4.92. The molecule has 10 heteroatoms. The minimum atomic E-state index is -4.55. The highest BCUT2D eigenvalue weighted by atomic mass is 19.4. The molecule has 0 bridgehead atoms. The summed E-state index contributed by atoms with van der Waals surface area (Å²) < 4.78 is 51.7.